The van der Waals surface area contributed by atoms with Gasteiger partial charge in [-0.2, -0.15) is 0 Å². The number of carbonyl (C=O) groups is 2. The van der Waals surface area contributed by atoms with E-state index in [2.05, 4.69) is 5.32 Å². The van der Waals surface area contributed by atoms with Gasteiger partial charge < -0.3 is 15.2 Å². The number of ether oxygens (including phenoxy) is 1. The molecule has 0 radical (unpaired) electrons. The topological polar surface area (TPSA) is 75.6 Å². The molecule has 1 aromatic rings. The maximum Gasteiger partial charge on any atom is 0.329 e. The summed E-state index contributed by atoms with van der Waals surface area (Å²) in [5, 5.41) is 12.0. The van der Waals surface area contributed by atoms with Gasteiger partial charge in [-0.05, 0) is 31.9 Å². The monoisotopic (exact) mass is 279 g/mol. The molecule has 1 amide bonds. The van der Waals surface area contributed by atoms with Crippen molar-refractivity contribution in [2.24, 2.45) is 0 Å². The van der Waals surface area contributed by atoms with Crippen LogP contribution in [0.2, 0.25) is 0 Å². The molecule has 0 spiro atoms. The van der Waals surface area contributed by atoms with Crippen LogP contribution in [-0.4, -0.2) is 29.1 Å². The maximum atomic E-state index is 12.3. The van der Waals surface area contributed by atoms with Gasteiger partial charge in [0.15, 0.2) is 0 Å². The van der Waals surface area contributed by atoms with Gasteiger partial charge >= 0.3 is 5.97 Å². The van der Waals surface area contributed by atoms with Crippen LogP contribution in [0.3, 0.4) is 0 Å². The Bertz CT molecular complexity index is 481. The quantitative estimate of drug-likeness (QED) is 0.804. The second-order valence-corrected chi connectivity index (χ2v) is 4.48. The van der Waals surface area contributed by atoms with Gasteiger partial charge in [-0.15, -0.1) is 0 Å². The minimum absolute atomic E-state index is 0.321. The fraction of sp³-hybridized carbons (Fsp3) is 0.467. The smallest absolute Gasteiger partial charge is 0.329 e. The van der Waals surface area contributed by atoms with Gasteiger partial charge in [0.25, 0.3) is 5.91 Å². The summed E-state index contributed by atoms with van der Waals surface area (Å²) in [5.74, 6) is -0.996. The standard InChI is InChI=1S/C15H21NO4/c1-4-15(5-2,14(18)19)16-13(17)11-9-7-8-10-12(11)20-6-3/h7-10H,4-6H2,1-3H3,(H,16,17)(H,18,19). The number of carboxylic acid groups (broad SMARTS) is 1. The normalized spacial score (nSPS) is 10.9. The molecule has 1 rings (SSSR count). The van der Waals surface area contributed by atoms with Crippen molar-refractivity contribution in [1.82, 2.24) is 5.32 Å². The molecule has 0 aliphatic carbocycles. The van der Waals surface area contributed by atoms with Crippen molar-refractivity contribution in [3.63, 3.8) is 0 Å². The third-order valence-corrected chi connectivity index (χ3v) is 3.40. The number of carboxylic acids is 1. The lowest BCUT2D eigenvalue weighted by atomic mass is 9.92. The lowest BCUT2D eigenvalue weighted by Crippen LogP contribution is -2.53. The van der Waals surface area contributed by atoms with Crippen molar-refractivity contribution in [1.29, 1.82) is 0 Å². The Morgan fingerprint density at radius 2 is 1.80 bits per heavy atom. The van der Waals surface area contributed by atoms with Crippen LogP contribution in [0.25, 0.3) is 0 Å². The first kappa shape index (κ1) is 16.0. The average Bonchev–Trinajstić information content (AvgIpc) is 2.45. The molecular formula is C15H21NO4. The van der Waals surface area contributed by atoms with Crippen molar-refractivity contribution in [3.8, 4) is 5.75 Å². The first-order chi connectivity index (χ1) is 9.50. The zero-order valence-electron chi connectivity index (χ0n) is 12.1. The van der Waals surface area contributed by atoms with Gasteiger partial charge in [-0.3, -0.25) is 4.79 Å². The van der Waals surface area contributed by atoms with E-state index in [0.717, 1.165) is 0 Å². The Balaban J connectivity index is 3.04. The fourth-order valence-electron chi connectivity index (χ4n) is 2.00. The van der Waals surface area contributed by atoms with E-state index in [1.165, 1.54) is 0 Å². The van der Waals surface area contributed by atoms with Gasteiger partial charge in [0, 0.05) is 0 Å². The number of nitrogens with one attached hydrogen (secondary N) is 1. The minimum atomic E-state index is -1.24. The predicted molar refractivity (Wildman–Crippen MR) is 76.0 cm³/mol. The van der Waals surface area contributed by atoms with E-state index in [-0.39, 0.29) is 0 Å². The van der Waals surface area contributed by atoms with E-state index in [1.807, 2.05) is 6.92 Å². The van der Waals surface area contributed by atoms with Crippen LogP contribution in [0.5, 0.6) is 5.75 Å². The predicted octanol–water partition coefficient (Wildman–Crippen LogP) is 2.46. The SMILES string of the molecule is CCOc1ccccc1C(=O)NC(CC)(CC)C(=O)O. The van der Waals surface area contributed by atoms with Gasteiger partial charge in [0.2, 0.25) is 0 Å². The molecule has 0 saturated carbocycles. The van der Waals surface area contributed by atoms with Crippen molar-refractivity contribution in [3.05, 3.63) is 29.8 Å². The maximum absolute atomic E-state index is 12.3. The molecule has 0 fully saturated rings. The summed E-state index contributed by atoms with van der Waals surface area (Å²) in [6.45, 7) is 5.75. The Kier molecular flexibility index (Phi) is 5.55. The van der Waals surface area contributed by atoms with Crippen molar-refractivity contribution < 1.29 is 19.4 Å². The van der Waals surface area contributed by atoms with E-state index in [1.54, 1.807) is 38.1 Å². The van der Waals surface area contributed by atoms with Crippen molar-refractivity contribution in [2.45, 2.75) is 39.2 Å². The number of para-hydroxylation sites is 1. The number of benzene rings is 1. The summed E-state index contributed by atoms with van der Waals surface area (Å²) in [4.78, 5) is 23.7. The molecule has 0 heterocycles. The van der Waals surface area contributed by atoms with Gasteiger partial charge in [0.1, 0.15) is 11.3 Å². The van der Waals surface area contributed by atoms with Crippen LogP contribution < -0.4 is 10.1 Å². The largest absolute Gasteiger partial charge is 0.493 e. The lowest BCUT2D eigenvalue weighted by Gasteiger charge is -2.28. The molecular weight excluding hydrogens is 258 g/mol. The highest BCUT2D eigenvalue weighted by atomic mass is 16.5. The third-order valence-electron chi connectivity index (χ3n) is 3.40. The highest BCUT2D eigenvalue weighted by molar-refractivity contribution is 6.00. The Hall–Kier alpha value is -2.04. The van der Waals surface area contributed by atoms with Gasteiger partial charge in [-0.1, -0.05) is 26.0 Å². The van der Waals surface area contributed by atoms with E-state index >= 15 is 0 Å². The molecule has 5 heteroatoms. The minimum Gasteiger partial charge on any atom is -0.493 e. The molecule has 0 atom stereocenters. The zero-order valence-corrected chi connectivity index (χ0v) is 12.1. The first-order valence-corrected chi connectivity index (χ1v) is 6.78. The molecule has 0 aliphatic rings. The first-order valence-electron chi connectivity index (χ1n) is 6.78. The molecule has 0 unspecified atom stereocenters. The Morgan fingerprint density at radius 1 is 1.20 bits per heavy atom. The number of aliphatic carboxylic acids is 1. The van der Waals surface area contributed by atoms with E-state index in [4.69, 9.17) is 4.74 Å². The molecule has 110 valence electrons. The number of rotatable bonds is 7. The van der Waals surface area contributed by atoms with Gasteiger partial charge in [-0.25, -0.2) is 4.79 Å². The summed E-state index contributed by atoms with van der Waals surface area (Å²) < 4.78 is 5.39. The number of carbonyl (C=O) groups excluding carboxylic acids is 1. The molecule has 0 saturated heterocycles. The molecule has 5 nitrogen and oxygen atoms in total. The van der Waals surface area contributed by atoms with Crippen LogP contribution in [0.4, 0.5) is 0 Å². The molecule has 0 bridgehead atoms. The molecule has 20 heavy (non-hydrogen) atoms. The summed E-state index contributed by atoms with van der Waals surface area (Å²) in [6, 6.07) is 6.81. The molecule has 1 aromatic carbocycles. The Labute approximate surface area is 118 Å². The zero-order chi connectivity index (χ0) is 15.2. The fourth-order valence-corrected chi connectivity index (χ4v) is 2.00. The lowest BCUT2D eigenvalue weighted by molar-refractivity contribution is -0.144. The average molecular weight is 279 g/mol. The summed E-state index contributed by atoms with van der Waals surface area (Å²) >= 11 is 0. The van der Waals surface area contributed by atoms with E-state index in [9.17, 15) is 14.7 Å². The van der Waals surface area contributed by atoms with Crippen molar-refractivity contribution >= 4 is 11.9 Å². The number of amides is 1. The second-order valence-electron chi connectivity index (χ2n) is 4.48. The van der Waals surface area contributed by atoms with Crippen LogP contribution in [0, 0.1) is 0 Å². The molecule has 0 aromatic heterocycles. The second kappa shape index (κ2) is 6.93. The number of hydrogen-bond acceptors (Lipinski definition) is 3. The third kappa shape index (κ3) is 3.29. The van der Waals surface area contributed by atoms with Crippen LogP contribution in [0.15, 0.2) is 24.3 Å². The van der Waals surface area contributed by atoms with E-state index < -0.39 is 17.4 Å². The van der Waals surface area contributed by atoms with Crippen molar-refractivity contribution in [2.75, 3.05) is 6.61 Å². The summed E-state index contributed by atoms with van der Waals surface area (Å²) in [7, 11) is 0. The highest BCUT2D eigenvalue weighted by Crippen LogP contribution is 2.21. The summed E-state index contributed by atoms with van der Waals surface area (Å²) in [5.41, 5.74) is -0.891. The number of hydrogen-bond donors (Lipinski definition) is 2. The molecule has 0 aliphatic heterocycles. The van der Waals surface area contributed by atoms with Gasteiger partial charge in [0.05, 0.1) is 12.2 Å². The highest BCUT2D eigenvalue weighted by Gasteiger charge is 2.37. The van der Waals surface area contributed by atoms with Crippen LogP contribution >= 0.6 is 0 Å². The summed E-state index contributed by atoms with van der Waals surface area (Å²) in [6.07, 6.45) is 0.642. The van der Waals surface area contributed by atoms with Crippen LogP contribution in [0.1, 0.15) is 44.0 Å². The molecule has 2 N–H and O–H groups in total. The Morgan fingerprint density at radius 3 is 2.30 bits per heavy atom. The van der Waals surface area contributed by atoms with E-state index in [0.29, 0.717) is 30.8 Å². The van der Waals surface area contributed by atoms with Crippen LogP contribution in [-0.2, 0) is 4.79 Å².